The number of aromatic nitrogens is 2. The first-order valence-corrected chi connectivity index (χ1v) is 7.87. The smallest absolute Gasteiger partial charge is 0.260 e. The summed E-state index contributed by atoms with van der Waals surface area (Å²) in [5, 5.41) is 2.51. The molecular formula is C11H19N5O3S. The predicted octanol–water partition coefficient (Wildman–Crippen LogP) is -1.45. The van der Waals surface area contributed by atoms with Crippen LogP contribution in [0.5, 0.6) is 0 Å². The van der Waals surface area contributed by atoms with E-state index in [1.165, 1.54) is 17.1 Å². The van der Waals surface area contributed by atoms with Gasteiger partial charge in [0, 0.05) is 25.8 Å². The highest BCUT2D eigenvalue weighted by Gasteiger charge is 2.28. The number of nitrogens with two attached hydrogens (primary N) is 1. The number of sulfonamides is 1. The summed E-state index contributed by atoms with van der Waals surface area (Å²) < 4.78 is 27.3. The summed E-state index contributed by atoms with van der Waals surface area (Å²) in [6, 6.07) is -0.0497. The Balaban J connectivity index is 1.77. The molecule has 2 rings (SSSR count). The van der Waals surface area contributed by atoms with Crippen molar-refractivity contribution in [3.05, 3.63) is 12.5 Å². The van der Waals surface area contributed by atoms with Crippen molar-refractivity contribution >= 4 is 15.9 Å². The predicted molar refractivity (Wildman–Crippen MR) is 72.1 cm³/mol. The molecule has 1 amide bonds. The van der Waals surface area contributed by atoms with E-state index in [2.05, 4.69) is 15.0 Å². The van der Waals surface area contributed by atoms with E-state index in [-0.39, 0.29) is 17.6 Å². The second-order valence-electron chi connectivity index (χ2n) is 5.01. The fourth-order valence-corrected chi connectivity index (χ4v) is 2.71. The zero-order chi connectivity index (χ0) is 14.8. The van der Waals surface area contributed by atoms with Gasteiger partial charge >= 0.3 is 0 Å². The molecule has 0 spiro atoms. The third-order valence-electron chi connectivity index (χ3n) is 3.14. The molecule has 1 fully saturated rings. The van der Waals surface area contributed by atoms with Crippen LogP contribution in [0.2, 0.25) is 0 Å². The van der Waals surface area contributed by atoms with E-state index < -0.39 is 15.9 Å². The van der Waals surface area contributed by atoms with E-state index >= 15 is 0 Å². The maximum absolute atomic E-state index is 11.8. The van der Waals surface area contributed by atoms with Crippen molar-refractivity contribution in [2.75, 3.05) is 13.1 Å². The zero-order valence-electron chi connectivity index (χ0n) is 11.2. The van der Waals surface area contributed by atoms with Crippen LogP contribution in [0, 0.1) is 5.92 Å². The first kappa shape index (κ1) is 14.9. The van der Waals surface area contributed by atoms with Crippen LogP contribution in [0.1, 0.15) is 12.8 Å². The Kier molecular flexibility index (Phi) is 4.41. The lowest BCUT2D eigenvalue weighted by Crippen LogP contribution is -2.43. The summed E-state index contributed by atoms with van der Waals surface area (Å²) in [4.78, 5) is 15.3. The Labute approximate surface area is 117 Å². The Hall–Kier alpha value is -1.45. The maximum Gasteiger partial charge on any atom is 0.260 e. The average molecular weight is 301 g/mol. The number of carbonyl (C=O) groups is 1. The average Bonchev–Trinajstić information content (AvgIpc) is 3.15. The monoisotopic (exact) mass is 301 g/mol. The second-order valence-corrected chi connectivity index (χ2v) is 6.72. The topological polar surface area (TPSA) is 119 Å². The van der Waals surface area contributed by atoms with Crippen LogP contribution in [-0.2, 0) is 21.9 Å². The molecule has 0 radical (unpaired) electrons. The number of nitrogens with zero attached hydrogens (tertiary/aromatic N) is 2. The van der Waals surface area contributed by atoms with Gasteiger partial charge in [0.15, 0.2) is 5.03 Å². The number of hydrogen-bond acceptors (Lipinski definition) is 5. The molecule has 1 heterocycles. The van der Waals surface area contributed by atoms with Gasteiger partial charge in [-0.2, -0.15) is 0 Å². The largest absolute Gasteiger partial charge is 0.353 e. The van der Waals surface area contributed by atoms with Crippen molar-refractivity contribution in [3.8, 4) is 0 Å². The number of nitrogens with one attached hydrogen (secondary N) is 2. The van der Waals surface area contributed by atoms with Crippen LogP contribution in [0.25, 0.3) is 0 Å². The van der Waals surface area contributed by atoms with E-state index in [9.17, 15) is 13.2 Å². The van der Waals surface area contributed by atoms with E-state index in [0.29, 0.717) is 12.5 Å². The summed E-state index contributed by atoms with van der Waals surface area (Å²) >= 11 is 0. The lowest BCUT2D eigenvalue weighted by atomic mass is 10.2. The van der Waals surface area contributed by atoms with Gasteiger partial charge in [0.1, 0.15) is 0 Å². The quantitative estimate of drug-likeness (QED) is 0.569. The molecule has 112 valence electrons. The normalized spacial score (nSPS) is 16.9. The van der Waals surface area contributed by atoms with Crippen LogP contribution in [0.4, 0.5) is 0 Å². The molecule has 0 saturated heterocycles. The minimum Gasteiger partial charge on any atom is -0.353 e. The Morgan fingerprint density at radius 3 is 2.85 bits per heavy atom. The van der Waals surface area contributed by atoms with Gasteiger partial charge in [-0.3, -0.25) is 4.79 Å². The Morgan fingerprint density at radius 1 is 1.60 bits per heavy atom. The van der Waals surface area contributed by atoms with Crippen molar-refractivity contribution in [1.29, 1.82) is 0 Å². The van der Waals surface area contributed by atoms with Gasteiger partial charge in [-0.05, 0) is 18.8 Å². The molecule has 1 unspecified atom stereocenters. The van der Waals surface area contributed by atoms with Crippen LogP contribution in [0.3, 0.4) is 0 Å². The van der Waals surface area contributed by atoms with Crippen molar-refractivity contribution in [3.63, 3.8) is 0 Å². The lowest BCUT2D eigenvalue weighted by molar-refractivity contribution is -0.120. The molecule has 1 aliphatic carbocycles. The van der Waals surface area contributed by atoms with Gasteiger partial charge < -0.3 is 15.6 Å². The molecule has 0 aromatic carbocycles. The lowest BCUT2D eigenvalue weighted by Gasteiger charge is -2.11. The maximum atomic E-state index is 11.8. The van der Waals surface area contributed by atoms with Gasteiger partial charge in [0.05, 0.1) is 12.9 Å². The molecule has 1 atom stereocenters. The molecule has 1 aromatic rings. The highest BCUT2D eigenvalue weighted by atomic mass is 32.2. The molecule has 20 heavy (non-hydrogen) atoms. The van der Waals surface area contributed by atoms with Crippen molar-refractivity contribution < 1.29 is 13.2 Å². The molecule has 8 nitrogen and oxygen atoms in total. The highest BCUT2D eigenvalue weighted by Crippen LogP contribution is 2.31. The van der Waals surface area contributed by atoms with Gasteiger partial charge in [0.25, 0.3) is 10.0 Å². The second kappa shape index (κ2) is 5.90. The van der Waals surface area contributed by atoms with Crippen LogP contribution in [0.15, 0.2) is 17.6 Å². The summed E-state index contributed by atoms with van der Waals surface area (Å²) in [7, 11) is -2.09. The van der Waals surface area contributed by atoms with Crippen LogP contribution in [-0.4, -0.2) is 43.0 Å². The number of imidazole rings is 1. The molecule has 9 heteroatoms. The van der Waals surface area contributed by atoms with Crippen molar-refractivity contribution in [1.82, 2.24) is 19.6 Å². The van der Waals surface area contributed by atoms with Crippen molar-refractivity contribution in [2.24, 2.45) is 18.7 Å². The molecular weight excluding hydrogens is 282 g/mol. The summed E-state index contributed by atoms with van der Waals surface area (Å²) in [5.74, 6) is 0.0844. The number of aryl methyl sites for hydroxylation is 1. The zero-order valence-corrected chi connectivity index (χ0v) is 12.1. The SMILES string of the molecule is Cn1cnc(S(=O)(=O)NCC(=O)NCC(N)C2CC2)c1. The third-order valence-corrected chi connectivity index (χ3v) is 4.43. The van der Waals surface area contributed by atoms with Gasteiger partial charge in [-0.15, -0.1) is 0 Å². The standard InChI is InChI=1S/C11H19N5O3S/c1-16-6-11(14-7-16)20(18,19)15-5-10(17)13-4-9(12)8-2-3-8/h6-9,15H,2-5,12H2,1H3,(H,13,17). The number of rotatable bonds is 7. The molecule has 1 saturated carbocycles. The van der Waals surface area contributed by atoms with Crippen molar-refractivity contribution in [2.45, 2.75) is 23.9 Å². The fourth-order valence-electron chi connectivity index (χ4n) is 1.75. The molecule has 0 aliphatic heterocycles. The first-order valence-electron chi connectivity index (χ1n) is 6.38. The fraction of sp³-hybridized carbons (Fsp3) is 0.636. The Morgan fingerprint density at radius 2 is 2.30 bits per heavy atom. The molecule has 1 aliphatic rings. The molecule has 4 N–H and O–H groups in total. The number of carbonyl (C=O) groups excluding carboxylic acids is 1. The minimum atomic E-state index is -3.75. The number of amides is 1. The minimum absolute atomic E-state index is 0.0497. The molecule has 1 aromatic heterocycles. The summed E-state index contributed by atoms with van der Waals surface area (Å²) in [6.07, 6.45) is 4.94. The third kappa shape index (κ3) is 4.02. The van der Waals surface area contributed by atoms with Gasteiger partial charge in [0.2, 0.25) is 5.91 Å². The van der Waals surface area contributed by atoms with Gasteiger partial charge in [-0.1, -0.05) is 0 Å². The molecule has 0 bridgehead atoms. The van der Waals surface area contributed by atoms with Crippen LogP contribution >= 0.6 is 0 Å². The van der Waals surface area contributed by atoms with E-state index in [4.69, 9.17) is 5.73 Å². The number of hydrogen-bond donors (Lipinski definition) is 3. The van der Waals surface area contributed by atoms with Gasteiger partial charge in [-0.25, -0.2) is 18.1 Å². The summed E-state index contributed by atoms with van der Waals surface area (Å²) in [5.41, 5.74) is 5.84. The highest BCUT2D eigenvalue weighted by molar-refractivity contribution is 7.89. The Bertz CT molecular complexity index is 579. The summed E-state index contributed by atoms with van der Waals surface area (Å²) in [6.45, 7) is 0.0467. The van der Waals surface area contributed by atoms with E-state index in [1.807, 2.05) is 0 Å². The van der Waals surface area contributed by atoms with E-state index in [1.54, 1.807) is 7.05 Å². The van der Waals surface area contributed by atoms with Crippen LogP contribution < -0.4 is 15.8 Å². The first-order chi connectivity index (χ1) is 9.38. The van der Waals surface area contributed by atoms with E-state index in [0.717, 1.165) is 12.8 Å².